The number of thioether (sulfide) groups is 1. The Bertz CT molecular complexity index is 1090. The van der Waals surface area contributed by atoms with Crippen molar-refractivity contribution in [2.75, 3.05) is 12.4 Å². The SMILES string of the molecule is COc1ccc2c(c1)SC(c1c(-c3ccccc3)[nH]c3ccccc13)N2. The number of para-hydroxylation sites is 1. The van der Waals surface area contributed by atoms with Crippen LogP contribution in [0.1, 0.15) is 10.9 Å². The van der Waals surface area contributed by atoms with Gasteiger partial charge in [0, 0.05) is 27.0 Å². The maximum Gasteiger partial charge on any atom is 0.120 e. The van der Waals surface area contributed by atoms with Crippen molar-refractivity contribution in [3.05, 3.63) is 78.4 Å². The maximum absolute atomic E-state index is 5.38. The van der Waals surface area contributed by atoms with Gasteiger partial charge in [0.25, 0.3) is 0 Å². The molecule has 26 heavy (non-hydrogen) atoms. The molecule has 128 valence electrons. The fourth-order valence-corrected chi connectivity index (χ4v) is 4.78. The monoisotopic (exact) mass is 358 g/mol. The van der Waals surface area contributed by atoms with E-state index < -0.39 is 0 Å². The van der Waals surface area contributed by atoms with Crippen LogP contribution < -0.4 is 10.1 Å². The van der Waals surface area contributed by atoms with Crippen LogP contribution in [-0.4, -0.2) is 12.1 Å². The van der Waals surface area contributed by atoms with Gasteiger partial charge in [0.05, 0.1) is 12.8 Å². The Hall–Kier alpha value is -2.85. The zero-order chi connectivity index (χ0) is 17.5. The highest BCUT2D eigenvalue weighted by atomic mass is 32.2. The number of fused-ring (bicyclic) bond motifs is 2. The number of hydrogen-bond donors (Lipinski definition) is 2. The van der Waals surface area contributed by atoms with Crippen molar-refractivity contribution in [3.63, 3.8) is 0 Å². The quantitative estimate of drug-likeness (QED) is 0.467. The lowest BCUT2D eigenvalue weighted by atomic mass is 10.0. The average molecular weight is 358 g/mol. The lowest BCUT2D eigenvalue weighted by Gasteiger charge is -2.13. The highest BCUT2D eigenvalue weighted by Gasteiger charge is 2.28. The van der Waals surface area contributed by atoms with Gasteiger partial charge in [-0.3, -0.25) is 0 Å². The molecule has 0 saturated heterocycles. The minimum atomic E-state index is 0.156. The standard InChI is InChI=1S/C22H18N2OS/c1-25-15-11-12-18-19(13-15)26-22(24-18)20-16-9-5-6-10-17(16)23-21(20)14-7-3-2-4-8-14/h2-13,22-24H,1H3. The summed E-state index contributed by atoms with van der Waals surface area (Å²) in [5, 5.41) is 5.09. The van der Waals surface area contributed by atoms with Crippen molar-refractivity contribution in [1.82, 2.24) is 4.98 Å². The number of H-pyrrole nitrogens is 1. The van der Waals surface area contributed by atoms with Crippen molar-refractivity contribution in [2.24, 2.45) is 0 Å². The molecule has 0 amide bonds. The Morgan fingerprint density at radius 3 is 2.58 bits per heavy atom. The van der Waals surface area contributed by atoms with E-state index in [4.69, 9.17) is 4.74 Å². The van der Waals surface area contributed by atoms with Gasteiger partial charge in [0.15, 0.2) is 0 Å². The number of benzene rings is 3. The van der Waals surface area contributed by atoms with Gasteiger partial charge in [-0.15, -0.1) is 0 Å². The van der Waals surface area contributed by atoms with Crippen LogP contribution in [0.25, 0.3) is 22.2 Å². The molecule has 2 heterocycles. The fraction of sp³-hybridized carbons (Fsp3) is 0.0909. The van der Waals surface area contributed by atoms with Crippen molar-refractivity contribution < 1.29 is 4.74 Å². The number of ether oxygens (including phenoxy) is 1. The summed E-state index contributed by atoms with van der Waals surface area (Å²) in [6, 6.07) is 25.2. The zero-order valence-corrected chi connectivity index (χ0v) is 15.1. The van der Waals surface area contributed by atoms with Crippen LogP contribution in [0.2, 0.25) is 0 Å². The van der Waals surface area contributed by atoms with Crippen molar-refractivity contribution >= 4 is 28.4 Å². The van der Waals surface area contributed by atoms with Gasteiger partial charge in [0.1, 0.15) is 11.1 Å². The molecule has 0 radical (unpaired) electrons. The Morgan fingerprint density at radius 2 is 1.73 bits per heavy atom. The van der Waals surface area contributed by atoms with Crippen LogP contribution >= 0.6 is 11.8 Å². The van der Waals surface area contributed by atoms with Crippen molar-refractivity contribution in [3.8, 4) is 17.0 Å². The van der Waals surface area contributed by atoms with Crippen LogP contribution in [0.3, 0.4) is 0 Å². The molecule has 2 N–H and O–H groups in total. The number of aromatic nitrogens is 1. The van der Waals surface area contributed by atoms with E-state index in [9.17, 15) is 0 Å². The molecule has 3 aromatic carbocycles. The fourth-order valence-electron chi connectivity index (χ4n) is 3.54. The van der Waals surface area contributed by atoms with Crippen LogP contribution in [0.4, 0.5) is 5.69 Å². The van der Waals surface area contributed by atoms with E-state index in [1.807, 2.05) is 17.8 Å². The third kappa shape index (κ3) is 2.45. The Balaban J connectivity index is 1.65. The van der Waals surface area contributed by atoms with Gasteiger partial charge in [-0.05, 0) is 29.8 Å². The second kappa shape index (κ2) is 6.15. The largest absolute Gasteiger partial charge is 0.497 e. The molecule has 4 heteroatoms. The molecular formula is C22H18N2OS. The summed E-state index contributed by atoms with van der Waals surface area (Å²) in [5.74, 6) is 0.890. The Morgan fingerprint density at radius 1 is 0.923 bits per heavy atom. The van der Waals surface area contributed by atoms with Crippen molar-refractivity contribution in [1.29, 1.82) is 0 Å². The van der Waals surface area contributed by atoms with E-state index in [0.29, 0.717) is 0 Å². The molecule has 0 fully saturated rings. The summed E-state index contributed by atoms with van der Waals surface area (Å²) in [7, 11) is 1.71. The van der Waals surface area contributed by atoms with Crippen LogP contribution in [-0.2, 0) is 0 Å². The number of rotatable bonds is 3. The van der Waals surface area contributed by atoms with Crippen LogP contribution in [0.5, 0.6) is 5.75 Å². The molecule has 1 aliphatic heterocycles. The van der Waals surface area contributed by atoms with E-state index in [1.165, 1.54) is 27.1 Å². The number of anilines is 1. The van der Waals surface area contributed by atoms with Gasteiger partial charge in [-0.25, -0.2) is 0 Å². The van der Waals surface area contributed by atoms with E-state index in [-0.39, 0.29) is 5.37 Å². The van der Waals surface area contributed by atoms with Gasteiger partial charge < -0.3 is 15.0 Å². The van der Waals surface area contributed by atoms with E-state index in [2.05, 4.69) is 77.0 Å². The molecule has 5 rings (SSSR count). The number of hydrogen-bond acceptors (Lipinski definition) is 3. The highest BCUT2D eigenvalue weighted by Crippen LogP contribution is 2.51. The highest BCUT2D eigenvalue weighted by molar-refractivity contribution is 8.00. The first-order valence-corrected chi connectivity index (χ1v) is 9.49. The summed E-state index contributed by atoms with van der Waals surface area (Å²) in [6.45, 7) is 0. The predicted octanol–water partition coefficient (Wildman–Crippen LogP) is 6.06. The number of methoxy groups -OCH3 is 1. The average Bonchev–Trinajstić information content (AvgIpc) is 3.28. The molecule has 1 atom stereocenters. The lowest BCUT2D eigenvalue weighted by Crippen LogP contribution is -2.02. The molecule has 1 aromatic heterocycles. The lowest BCUT2D eigenvalue weighted by molar-refractivity contribution is 0.414. The minimum absolute atomic E-state index is 0.156. The third-order valence-electron chi connectivity index (χ3n) is 4.79. The number of aromatic amines is 1. The van der Waals surface area contributed by atoms with Gasteiger partial charge in [-0.1, -0.05) is 60.3 Å². The topological polar surface area (TPSA) is 37.0 Å². The first-order valence-electron chi connectivity index (χ1n) is 8.61. The van der Waals surface area contributed by atoms with Crippen LogP contribution in [0.15, 0.2) is 77.7 Å². The Labute approximate surface area is 156 Å². The first-order chi connectivity index (χ1) is 12.8. The van der Waals surface area contributed by atoms with E-state index in [1.54, 1.807) is 7.11 Å². The zero-order valence-electron chi connectivity index (χ0n) is 14.3. The summed E-state index contributed by atoms with van der Waals surface area (Å²) >= 11 is 1.84. The predicted molar refractivity (Wildman–Crippen MR) is 109 cm³/mol. The summed E-state index contributed by atoms with van der Waals surface area (Å²) in [4.78, 5) is 4.85. The molecule has 1 aliphatic rings. The molecule has 1 unspecified atom stereocenters. The van der Waals surface area contributed by atoms with E-state index >= 15 is 0 Å². The minimum Gasteiger partial charge on any atom is -0.497 e. The molecule has 3 nitrogen and oxygen atoms in total. The van der Waals surface area contributed by atoms with E-state index in [0.717, 1.165) is 17.0 Å². The van der Waals surface area contributed by atoms with Gasteiger partial charge >= 0.3 is 0 Å². The van der Waals surface area contributed by atoms with Crippen molar-refractivity contribution in [2.45, 2.75) is 10.3 Å². The summed E-state index contributed by atoms with van der Waals surface area (Å²) < 4.78 is 5.38. The molecule has 4 aromatic rings. The molecule has 0 spiro atoms. The first kappa shape index (κ1) is 15.4. The molecular weight excluding hydrogens is 340 g/mol. The van der Waals surface area contributed by atoms with Gasteiger partial charge in [0.2, 0.25) is 0 Å². The van der Waals surface area contributed by atoms with Crippen LogP contribution in [0, 0.1) is 0 Å². The Kier molecular flexibility index (Phi) is 3.64. The second-order valence-corrected chi connectivity index (χ2v) is 7.48. The normalized spacial score (nSPS) is 15.7. The number of nitrogens with one attached hydrogen (secondary N) is 2. The third-order valence-corrected chi connectivity index (χ3v) is 5.97. The second-order valence-electron chi connectivity index (χ2n) is 6.33. The van der Waals surface area contributed by atoms with Gasteiger partial charge in [-0.2, -0.15) is 0 Å². The molecule has 0 aliphatic carbocycles. The summed E-state index contributed by atoms with van der Waals surface area (Å²) in [6.07, 6.45) is 0. The smallest absolute Gasteiger partial charge is 0.120 e. The maximum atomic E-state index is 5.38. The molecule has 0 saturated carbocycles. The molecule has 0 bridgehead atoms. The summed E-state index contributed by atoms with van der Waals surface area (Å²) in [5.41, 5.74) is 6.00.